The number of carbonyl (C=O) groups is 1. The van der Waals surface area contributed by atoms with Gasteiger partial charge in [-0.25, -0.2) is 4.79 Å². The van der Waals surface area contributed by atoms with E-state index >= 15 is 0 Å². The summed E-state index contributed by atoms with van der Waals surface area (Å²) in [5.74, 6) is -0.435. The van der Waals surface area contributed by atoms with E-state index in [1.54, 1.807) is 6.92 Å². The van der Waals surface area contributed by atoms with Gasteiger partial charge in [-0.15, -0.1) is 0 Å². The van der Waals surface area contributed by atoms with Crippen LogP contribution < -0.4 is 0 Å². The van der Waals surface area contributed by atoms with Gasteiger partial charge in [0.1, 0.15) is 13.2 Å². The number of hydrogen-bond donors (Lipinski definition) is 0. The van der Waals surface area contributed by atoms with Gasteiger partial charge in [-0.3, -0.25) is 0 Å². The molecule has 0 rings (SSSR count). The van der Waals surface area contributed by atoms with E-state index in [9.17, 15) is 4.79 Å². The molecule has 14 heavy (non-hydrogen) atoms. The average molecular weight is 196 g/mol. The van der Waals surface area contributed by atoms with Gasteiger partial charge in [0, 0.05) is 0 Å². The Morgan fingerprint density at radius 1 is 1.21 bits per heavy atom. The van der Waals surface area contributed by atoms with Gasteiger partial charge in [-0.2, -0.15) is 0 Å². The summed E-state index contributed by atoms with van der Waals surface area (Å²) in [6, 6.07) is 0. The molecule has 0 heterocycles. The lowest BCUT2D eigenvalue weighted by molar-refractivity contribution is -0.136. The summed E-state index contributed by atoms with van der Waals surface area (Å²) in [6.07, 6.45) is 2.53. The van der Waals surface area contributed by atoms with Gasteiger partial charge in [0.15, 0.2) is 0 Å². The number of rotatable bonds is 6. The third-order valence-electron chi connectivity index (χ3n) is 1.09. The van der Waals surface area contributed by atoms with Crippen LogP contribution in [0.15, 0.2) is 36.6 Å². The van der Waals surface area contributed by atoms with Crippen LogP contribution in [0, 0.1) is 0 Å². The van der Waals surface area contributed by atoms with E-state index in [2.05, 4.69) is 13.2 Å². The highest BCUT2D eigenvalue weighted by Gasteiger charge is 1.95. The molecule has 0 radical (unpaired) electrons. The topological polar surface area (TPSA) is 35.5 Å². The Balaban J connectivity index is 3.60. The Morgan fingerprint density at radius 2 is 1.79 bits per heavy atom. The van der Waals surface area contributed by atoms with Crippen LogP contribution in [-0.4, -0.2) is 19.2 Å². The van der Waals surface area contributed by atoms with E-state index in [0.29, 0.717) is 6.61 Å². The van der Waals surface area contributed by atoms with E-state index in [-0.39, 0.29) is 6.61 Å². The summed E-state index contributed by atoms with van der Waals surface area (Å²) < 4.78 is 9.75. The molecule has 3 heteroatoms. The molecule has 0 amide bonds. The fourth-order valence-electron chi connectivity index (χ4n) is 0.536. The highest BCUT2D eigenvalue weighted by molar-refractivity contribution is 5.81. The monoisotopic (exact) mass is 196 g/mol. The second-order valence-electron chi connectivity index (χ2n) is 3.14. The standard InChI is InChI=1S/C11H16O3/c1-9(2)7-13-6-5-11(12)14-8-10(3)4/h5-6H,1,3,7-8H2,2,4H3/b6-5+. The second-order valence-corrected chi connectivity index (χ2v) is 3.14. The normalized spacial score (nSPS) is 9.86. The van der Waals surface area contributed by atoms with Gasteiger partial charge < -0.3 is 9.47 Å². The van der Waals surface area contributed by atoms with Crippen molar-refractivity contribution in [1.29, 1.82) is 0 Å². The van der Waals surface area contributed by atoms with Crippen LogP contribution in [0.1, 0.15) is 13.8 Å². The van der Waals surface area contributed by atoms with Crippen LogP contribution in [0.5, 0.6) is 0 Å². The fourth-order valence-corrected chi connectivity index (χ4v) is 0.536. The lowest BCUT2D eigenvalue weighted by Gasteiger charge is -2.00. The van der Waals surface area contributed by atoms with Crippen molar-refractivity contribution in [3.8, 4) is 0 Å². The molecule has 0 fully saturated rings. The molecule has 0 aromatic heterocycles. The summed E-state index contributed by atoms with van der Waals surface area (Å²) in [5.41, 5.74) is 1.69. The zero-order valence-electron chi connectivity index (χ0n) is 8.71. The van der Waals surface area contributed by atoms with Crippen LogP contribution in [-0.2, 0) is 14.3 Å². The van der Waals surface area contributed by atoms with Gasteiger partial charge >= 0.3 is 5.97 Å². The first-order valence-electron chi connectivity index (χ1n) is 4.26. The van der Waals surface area contributed by atoms with Crippen LogP contribution in [0.4, 0.5) is 0 Å². The van der Waals surface area contributed by atoms with E-state index in [4.69, 9.17) is 9.47 Å². The van der Waals surface area contributed by atoms with E-state index < -0.39 is 5.97 Å². The van der Waals surface area contributed by atoms with Crippen molar-refractivity contribution in [2.24, 2.45) is 0 Å². The van der Waals surface area contributed by atoms with E-state index in [1.165, 1.54) is 12.3 Å². The molecule has 0 aliphatic heterocycles. The molecule has 0 bridgehead atoms. The largest absolute Gasteiger partial charge is 0.497 e. The zero-order valence-corrected chi connectivity index (χ0v) is 8.71. The van der Waals surface area contributed by atoms with E-state index in [0.717, 1.165) is 11.1 Å². The molecular weight excluding hydrogens is 180 g/mol. The lowest BCUT2D eigenvalue weighted by atomic mass is 10.4. The van der Waals surface area contributed by atoms with Crippen LogP contribution >= 0.6 is 0 Å². The number of esters is 1. The molecule has 0 spiro atoms. The highest BCUT2D eigenvalue weighted by Crippen LogP contribution is 1.92. The maximum atomic E-state index is 10.9. The third-order valence-corrected chi connectivity index (χ3v) is 1.09. The quantitative estimate of drug-likeness (QED) is 0.283. The minimum Gasteiger partial charge on any atom is -0.497 e. The van der Waals surface area contributed by atoms with Crippen molar-refractivity contribution in [2.75, 3.05) is 13.2 Å². The Kier molecular flexibility index (Phi) is 6.20. The van der Waals surface area contributed by atoms with Crippen molar-refractivity contribution in [3.05, 3.63) is 36.6 Å². The number of carbonyl (C=O) groups excluding carboxylic acids is 1. The summed E-state index contributed by atoms with van der Waals surface area (Å²) in [7, 11) is 0. The summed E-state index contributed by atoms with van der Waals surface area (Å²) in [5, 5.41) is 0. The SMILES string of the molecule is C=C(C)CO/C=C/C(=O)OCC(=C)C. The average Bonchev–Trinajstić information content (AvgIpc) is 2.08. The van der Waals surface area contributed by atoms with Crippen molar-refractivity contribution in [2.45, 2.75) is 13.8 Å². The maximum absolute atomic E-state index is 10.9. The summed E-state index contributed by atoms with van der Waals surface area (Å²) >= 11 is 0. The second kappa shape index (κ2) is 6.95. The van der Waals surface area contributed by atoms with Crippen molar-refractivity contribution >= 4 is 5.97 Å². The van der Waals surface area contributed by atoms with Crippen LogP contribution in [0.3, 0.4) is 0 Å². The predicted molar refractivity (Wildman–Crippen MR) is 55.7 cm³/mol. The molecule has 78 valence electrons. The summed E-state index contributed by atoms with van der Waals surface area (Å²) in [4.78, 5) is 10.9. The minimum atomic E-state index is -0.435. The van der Waals surface area contributed by atoms with E-state index in [1.807, 2.05) is 6.92 Å². The minimum absolute atomic E-state index is 0.240. The van der Waals surface area contributed by atoms with Gasteiger partial charge in [-0.05, 0) is 25.0 Å². The smallest absolute Gasteiger partial charge is 0.334 e. The molecule has 0 aliphatic rings. The molecule has 0 aromatic rings. The van der Waals surface area contributed by atoms with Crippen molar-refractivity contribution < 1.29 is 14.3 Å². The molecule has 3 nitrogen and oxygen atoms in total. The third kappa shape index (κ3) is 8.59. The van der Waals surface area contributed by atoms with Crippen molar-refractivity contribution in [3.63, 3.8) is 0 Å². The van der Waals surface area contributed by atoms with Gasteiger partial charge in [0.2, 0.25) is 0 Å². The number of ether oxygens (including phenoxy) is 2. The molecule has 0 saturated heterocycles. The van der Waals surface area contributed by atoms with Crippen molar-refractivity contribution in [1.82, 2.24) is 0 Å². The Bertz CT molecular complexity index is 251. The lowest BCUT2D eigenvalue weighted by Crippen LogP contribution is -2.02. The summed E-state index contributed by atoms with van der Waals surface area (Å²) in [6.45, 7) is 11.5. The first-order valence-corrected chi connectivity index (χ1v) is 4.26. The molecule has 0 unspecified atom stereocenters. The Morgan fingerprint density at radius 3 is 2.29 bits per heavy atom. The molecule has 0 aliphatic carbocycles. The predicted octanol–water partition coefficient (Wildman–Crippen LogP) is 2.21. The van der Waals surface area contributed by atoms with Gasteiger partial charge in [-0.1, -0.05) is 13.2 Å². The Hall–Kier alpha value is -1.51. The molecular formula is C11H16O3. The Labute approximate surface area is 84.7 Å². The number of hydrogen-bond acceptors (Lipinski definition) is 3. The van der Waals surface area contributed by atoms with Crippen LogP contribution in [0.2, 0.25) is 0 Å². The molecule has 0 atom stereocenters. The van der Waals surface area contributed by atoms with Gasteiger partial charge in [0.05, 0.1) is 12.3 Å². The molecule has 0 saturated carbocycles. The van der Waals surface area contributed by atoms with Gasteiger partial charge in [0.25, 0.3) is 0 Å². The maximum Gasteiger partial charge on any atom is 0.334 e. The highest BCUT2D eigenvalue weighted by atomic mass is 16.5. The molecule has 0 N–H and O–H groups in total. The first-order chi connectivity index (χ1) is 6.52. The molecule has 0 aromatic carbocycles. The van der Waals surface area contributed by atoms with Crippen LogP contribution in [0.25, 0.3) is 0 Å². The first kappa shape index (κ1) is 12.5. The zero-order chi connectivity index (χ0) is 11.0. The fraction of sp³-hybridized carbons (Fsp3) is 0.364.